The van der Waals surface area contributed by atoms with Gasteiger partial charge in [-0.3, -0.25) is 10.1 Å². The molecule has 8 heteroatoms. The third-order valence-electron chi connectivity index (χ3n) is 4.09. The van der Waals surface area contributed by atoms with Crippen LogP contribution in [0, 0.1) is 28.4 Å². The number of benzene rings is 2. The fourth-order valence-electron chi connectivity index (χ4n) is 2.72. The maximum absolute atomic E-state index is 11.2. The fourth-order valence-corrected chi connectivity index (χ4v) is 2.72. The van der Waals surface area contributed by atoms with Crippen LogP contribution in [-0.4, -0.2) is 26.2 Å². The molecule has 0 saturated carbocycles. The number of aliphatic hydroxyl groups excluding tert-OH is 1. The van der Waals surface area contributed by atoms with Crippen molar-refractivity contribution in [2.45, 2.75) is 6.92 Å². The first-order valence-electron chi connectivity index (χ1n) is 8.04. The molecule has 0 saturated heterocycles. The lowest BCUT2D eigenvalue weighted by atomic mass is 10.2. The zero-order valence-electron chi connectivity index (χ0n) is 14.7. The molecule has 136 valence electrons. The maximum Gasteiger partial charge on any atom is 0.311 e. The van der Waals surface area contributed by atoms with E-state index in [0.29, 0.717) is 16.9 Å². The lowest BCUT2D eigenvalue weighted by Gasteiger charge is -2.08. The molecule has 0 radical (unpaired) electrons. The second kappa shape index (κ2) is 7.17. The molecule has 0 atom stereocenters. The maximum atomic E-state index is 11.2. The Morgan fingerprint density at radius 1 is 1.37 bits per heavy atom. The van der Waals surface area contributed by atoms with Crippen LogP contribution in [0.3, 0.4) is 0 Å². The van der Waals surface area contributed by atoms with Crippen molar-refractivity contribution in [1.29, 1.82) is 5.26 Å². The van der Waals surface area contributed by atoms with E-state index in [4.69, 9.17) is 4.74 Å². The van der Waals surface area contributed by atoms with Crippen LogP contribution >= 0.6 is 0 Å². The number of aromatic nitrogens is 2. The van der Waals surface area contributed by atoms with Crippen molar-refractivity contribution < 1.29 is 14.8 Å². The van der Waals surface area contributed by atoms with Crippen LogP contribution in [0.4, 0.5) is 5.69 Å². The number of ether oxygens (including phenoxy) is 1. The third kappa shape index (κ3) is 3.43. The fraction of sp³-hybridized carbons (Fsp3) is 0.158. The number of imidazole rings is 1. The number of nitrogens with zero attached hydrogens (tertiary/aromatic N) is 4. The monoisotopic (exact) mass is 364 g/mol. The van der Waals surface area contributed by atoms with E-state index in [1.807, 2.05) is 24.3 Å². The topological polar surface area (TPSA) is 114 Å². The molecule has 1 N–H and O–H groups in total. The van der Waals surface area contributed by atoms with Gasteiger partial charge in [-0.25, -0.2) is 4.98 Å². The van der Waals surface area contributed by atoms with Gasteiger partial charge in [-0.15, -0.1) is 0 Å². The number of aryl methyl sites for hydroxylation is 2. The minimum atomic E-state index is -0.556. The molecule has 0 unspecified atom stereocenters. The van der Waals surface area contributed by atoms with Gasteiger partial charge in [0.05, 0.1) is 16.0 Å². The Labute approximate surface area is 154 Å². The van der Waals surface area contributed by atoms with Gasteiger partial charge in [0.25, 0.3) is 0 Å². The summed E-state index contributed by atoms with van der Waals surface area (Å²) in [5, 5.41) is 31.0. The number of para-hydroxylation sites is 2. The summed E-state index contributed by atoms with van der Waals surface area (Å²) in [5.41, 5.74) is 1.95. The van der Waals surface area contributed by atoms with E-state index >= 15 is 0 Å². The highest BCUT2D eigenvalue weighted by atomic mass is 16.6. The van der Waals surface area contributed by atoms with E-state index in [1.165, 1.54) is 12.1 Å². The standard InChI is InChI=1S/C19H16N4O4/c1-12-7-8-18(16(9-12)23(25)26)27-11-17(24)13(10-20)19-21-14-5-3-4-6-15(14)22(19)2/h3-9,24H,11H2,1-2H3/b17-13-. The Kier molecular flexibility index (Phi) is 4.77. The summed E-state index contributed by atoms with van der Waals surface area (Å²) < 4.78 is 7.09. The molecular formula is C19H16N4O4. The number of aliphatic hydroxyl groups is 1. The highest BCUT2D eigenvalue weighted by Crippen LogP contribution is 2.29. The first-order chi connectivity index (χ1) is 12.9. The quantitative estimate of drug-likeness (QED) is 0.320. The molecule has 3 aromatic rings. The Hall–Kier alpha value is -3.86. The lowest BCUT2D eigenvalue weighted by molar-refractivity contribution is -0.385. The molecule has 0 bridgehead atoms. The van der Waals surface area contributed by atoms with Crippen molar-refractivity contribution in [1.82, 2.24) is 9.55 Å². The van der Waals surface area contributed by atoms with Gasteiger partial charge in [0.15, 0.2) is 17.3 Å². The van der Waals surface area contributed by atoms with Crippen LogP contribution in [0.1, 0.15) is 11.4 Å². The Bertz CT molecular complexity index is 1110. The number of fused-ring (bicyclic) bond motifs is 1. The highest BCUT2D eigenvalue weighted by Gasteiger charge is 2.19. The zero-order valence-corrected chi connectivity index (χ0v) is 14.7. The van der Waals surface area contributed by atoms with Crippen molar-refractivity contribution in [3.05, 3.63) is 69.7 Å². The predicted molar refractivity (Wildman–Crippen MR) is 99.2 cm³/mol. The van der Waals surface area contributed by atoms with Crippen LogP contribution in [0.25, 0.3) is 16.6 Å². The van der Waals surface area contributed by atoms with E-state index < -0.39 is 11.5 Å². The Balaban J connectivity index is 1.94. The number of nitriles is 1. The average Bonchev–Trinajstić information content (AvgIpc) is 2.98. The van der Waals surface area contributed by atoms with Gasteiger partial charge in [-0.05, 0) is 30.7 Å². The number of hydrogen-bond donors (Lipinski definition) is 1. The van der Waals surface area contributed by atoms with Crippen molar-refractivity contribution >= 4 is 22.3 Å². The number of allylic oxidation sites excluding steroid dienone is 1. The molecule has 0 fully saturated rings. The summed E-state index contributed by atoms with van der Waals surface area (Å²) in [4.78, 5) is 15.0. The second-order valence-corrected chi connectivity index (χ2v) is 5.93. The van der Waals surface area contributed by atoms with Crippen molar-refractivity contribution in [3.8, 4) is 11.8 Å². The van der Waals surface area contributed by atoms with E-state index in [9.17, 15) is 20.5 Å². The molecule has 0 amide bonds. The molecule has 27 heavy (non-hydrogen) atoms. The average molecular weight is 364 g/mol. The molecule has 1 heterocycles. The van der Waals surface area contributed by atoms with Crippen LogP contribution in [0.5, 0.6) is 5.75 Å². The molecule has 8 nitrogen and oxygen atoms in total. The summed E-state index contributed by atoms with van der Waals surface area (Å²) in [7, 11) is 1.74. The number of nitro benzene ring substituents is 1. The van der Waals surface area contributed by atoms with Crippen molar-refractivity contribution in [2.75, 3.05) is 6.61 Å². The van der Waals surface area contributed by atoms with Gasteiger partial charge in [-0.2, -0.15) is 5.26 Å². The van der Waals surface area contributed by atoms with Crippen LogP contribution in [-0.2, 0) is 7.05 Å². The van der Waals surface area contributed by atoms with Crippen molar-refractivity contribution in [2.24, 2.45) is 7.05 Å². The van der Waals surface area contributed by atoms with Gasteiger partial charge in [0, 0.05) is 13.1 Å². The molecule has 3 rings (SSSR count). The first kappa shape index (κ1) is 17.9. The Morgan fingerprint density at radius 2 is 2.11 bits per heavy atom. The number of nitro groups is 1. The number of rotatable bonds is 5. The summed E-state index contributed by atoms with van der Waals surface area (Å²) >= 11 is 0. The minimum absolute atomic E-state index is 0.0134. The smallest absolute Gasteiger partial charge is 0.311 e. The van der Waals surface area contributed by atoms with Crippen LogP contribution < -0.4 is 4.74 Å². The van der Waals surface area contributed by atoms with Gasteiger partial charge < -0.3 is 14.4 Å². The van der Waals surface area contributed by atoms with E-state index in [-0.39, 0.29) is 22.8 Å². The molecular weight excluding hydrogens is 348 g/mol. The SMILES string of the molecule is Cc1ccc(OC/C(O)=C(\C#N)c2nc3ccccc3n2C)c([N+](=O)[O-])c1. The molecule has 0 aliphatic rings. The lowest BCUT2D eigenvalue weighted by Crippen LogP contribution is -2.07. The number of hydrogen-bond acceptors (Lipinski definition) is 6. The third-order valence-corrected chi connectivity index (χ3v) is 4.09. The molecule has 0 spiro atoms. The highest BCUT2D eigenvalue weighted by molar-refractivity contribution is 5.83. The van der Waals surface area contributed by atoms with E-state index in [0.717, 1.165) is 5.52 Å². The minimum Gasteiger partial charge on any atom is -0.507 e. The zero-order chi connectivity index (χ0) is 19.6. The normalized spacial score (nSPS) is 11.7. The largest absolute Gasteiger partial charge is 0.507 e. The molecule has 2 aromatic carbocycles. The van der Waals surface area contributed by atoms with Crippen molar-refractivity contribution in [3.63, 3.8) is 0 Å². The van der Waals surface area contributed by atoms with E-state index in [2.05, 4.69) is 4.98 Å². The Morgan fingerprint density at radius 3 is 2.78 bits per heavy atom. The first-order valence-corrected chi connectivity index (χ1v) is 8.04. The van der Waals surface area contributed by atoms with Crippen LogP contribution in [0.2, 0.25) is 0 Å². The predicted octanol–water partition coefficient (Wildman–Crippen LogP) is 3.66. The molecule has 1 aromatic heterocycles. The second-order valence-electron chi connectivity index (χ2n) is 5.93. The summed E-state index contributed by atoms with van der Waals surface area (Å²) in [6, 6.07) is 13.8. The molecule has 0 aliphatic carbocycles. The summed E-state index contributed by atoms with van der Waals surface area (Å²) in [5.74, 6) is -0.0524. The van der Waals surface area contributed by atoms with Gasteiger partial charge in [0.2, 0.25) is 0 Å². The summed E-state index contributed by atoms with van der Waals surface area (Å²) in [6.45, 7) is 1.34. The van der Waals surface area contributed by atoms with Gasteiger partial charge in [0.1, 0.15) is 18.2 Å². The summed E-state index contributed by atoms with van der Waals surface area (Å²) in [6.07, 6.45) is 0. The van der Waals surface area contributed by atoms with Gasteiger partial charge in [-0.1, -0.05) is 18.2 Å². The van der Waals surface area contributed by atoms with Gasteiger partial charge >= 0.3 is 5.69 Å². The van der Waals surface area contributed by atoms with Crippen LogP contribution in [0.15, 0.2) is 48.2 Å². The van der Waals surface area contributed by atoms with E-state index in [1.54, 1.807) is 30.7 Å². The molecule has 0 aliphatic heterocycles.